The van der Waals surface area contributed by atoms with Crippen molar-refractivity contribution < 1.29 is 0 Å². The van der Waals surface area contributed by atoms with Gasteiger partial charge in [0, 0.05) is 20.1 Å². The van der Waals surface area contributed by atoms with Crippen molar-refractivity contribution in [3.63, 3.8) is 0 Å². The summed E-state index contributed by atoms with van der Waals surface area (Å²) in [5.74, 6) is 1.07. The highest BCUT2D eigenvalue weighted by atomic mass is 16.2. The Labute approximate surface area is 115 Å². The minimum absolute atomic E-state index is 0.181. The normalized spacial score (nSPS) is 18.9. The largest absolute Gasteiger partial charge is 0.332 e. The number of aryl methyl sites for hydroxylation is 1. The van der Waals surface area contributed by atoms with Gasteiger partial charge in [-0.1, -0.05) is 0 Å². The summed E-state index contributed by atoms with van der Waals surface area (Å²) in [5, 5.41) is 0. The van der Waals surface area contributed by atoms with Crippen LogP contribution in [-0.2, 0) is 20.1 Å². The summed E-state index contributed by atoms with van der Waals surface area (Å²) in [6, 6.07) is 0. The lowest BCUT2D eigenvalue weighted by Gasteiger charge is -2.11. The maximum absolute atomic E-state index is 12.6. The summed E-state index contributed by atoms with van der Waals surface area (Å²) in [7, 11) is 1.81. The van der Waals surface area contributed by atoms with Crippen LogP contribution in [0.15, 0.2) is 15.9 Å². The van der Waals surface area contributed by atoms with Gasteiger partial charge in [0.25, 0.3) is 5.56 Å². The molecule has 2 aliphatic carbocycles. The van der Waals surface area contributed by atoms with E-state index in [1.165, 1.54) is 17.4 Å². The van der Waals surface area contributed by atoms with E-state index in [1.54, 1.807) is 15.5 Å². The molecule has 0 spiro atoms. The summed E-state index contributed by atoms with van der Waals surface area (Å²) in [5.41, 5.74) is 0.719. The summed E-state index contributed by atoms with van der Waals surface area (Å²) in [4.78, 5) is 29.4. The third kappa shape index (κ3) is 1.82. The van der Waals surface area contributed by atoms with E-state index in [-0.39, 0.29) is 11.2 Å². The SMILES string of the molecule is Cn1cnc2c1c(=O)n(CC1CC1)c(=O)n2CC1CC1. The fourth-order valence-electron chi connectivity index (χ4n) is 2.76. The lowest BCUT2D eigenvalue weighted by Crippen LogP contribution is -2.41. The van der Waals surface area contributed by atoms with Crippen LogP contribution in [-0.4, -0.2) is 18.7 Å². The molecule has 0 bridgehead atoms. The quantitative estimate of drug-likeness (QED) is 0.825. The molecule has 4 rings (SSSR count). The van der Waals surface area contributed by atoms with E-state index in [2.05, 4.69) is 4.98 Å². The van der Waals surface area contributed by atoms with Gasteiger partial charge >= 0.3 is 5.69 Å². The van der Waals surface area contributed by atoms with Crippen molar-refractivity contribution in [2.24, 2.45) is 18.9 Å². The highest BCUT2D eigenvalue weighted by molar-refractivity contribution is 5.69. The van der Waals surface area contributed by atoms with E-state index in [9.17, 15) is 9.59 Å². The van der Waals surface area contributed by atoms with Crippen LogP contribution in [0.5, 0.6) is 0 Å². The van der Waals surface area contributed by atoms with Crippen LogP contribution in [0, 0.1) is 11.8 Å². The van der Waals surface area contributed by atoms with Gasteiger partial charge < -0.3 is 4.57 Å². The molecule has 0 saturated heterocycles. The van der Waals surface area contributed by atoms with Crippen LogP contribution in [0.25, 0.3) is 11.2 Å². The number of aromatic nitrogens is 4. The predicted octanol–water partition coefficient (Wildman–Crippen LogP) is 0.717. The molecule has 0 aromatic carbocycles. The molecule has 2 heterocycles. The maximum atomic E-state index is 12.6. The van der Waals surface area contributed by atoms with Crippen molar-refractivity contribution in [3.8, 4) is 0 Å². The molecule has 2 saturated carbocycles. The first-order valence-corrected chi connectivity index (χ1v) is 7.30. The molecule has 0 unspecified atom stereocenters. The zero-order valence-electron chi connectivity index (χ0n) is 11.6. The standard InChI is InChI=1S/C14H18N4O2/c1-16-8-15-12-11(16)13(19)18(7-10-4-5-10)14(20)17(12)6-9-2-3-9/h8-10H,2-7H2,1H3. The molecular weight excluding hydrogens is 256 g/mol. The highest BCUT2D eigenvalue weighted by Gasteiger charge is 2.28. The van der Waals surface area contributed by atoms with Crippen LogP contribution < -0.4 is 11.2 Å². The Morgan fingerprint density at radius 3 is 2.30 bits per heavy atom. The van der Waals surface area contributed by atoms with Crippen LogP contribution in [0.3, 0.4) is 0 Å². The topological polar surface area (TPSA) is 61.8 Å². The molecule has 2 fully saturated rings. The smallest absolute Gasteiger partial charge is 0.328 e. The second-order valence-corrected chi connectivity index (χ2v) is 6.22. The lowest BCUT2D eigenvalue weighted by atomic mass is 10.3. The summed E-state index contributed by atoms with van der Waals surface area (Å²) in [6.45, 7) is 1.25. The predicted molar refractivity (Wildman–Crippen MR) is 74.7 cm³/mol. The van der Waals surface area contributed by atoms with Gasteiger partial charge in [-0.3, -0.25) is 13.9 Å². The Kier molecular flexibility index (Phi) is 2.43. The van der Waals surface area contributed by atoms with E-state index in [1.807, 2.05) is 7.05 Å². The molecule has 6 nitrogen and oxygen atoms in total. The Hall–Kier alpha value is -1.85. The molecule has 2 aromatic heterocycles. The van der Waals surface area contributed by atoms with Gasteiger partial charge in [-0.25, -0.2) is 9.78 Å². The van der Waals surface area contributed by atoms with Crippen LogP contribution in [0.1, 0.15) is 25.7 Å². The molecule has 0 amide bonds. The lowest BCUT2D eigenvalue weighted by molar-refractivity contribution is 0.519. The second-order valence-electron chi connectivity index (χ2n) is 6.22. The molecular formula is C14H18N4O2. The fraction of sp³-hybridized carbons (Fsp3) is 0.643. The molecule has 20 heavy (non-hydrogen) atoms. The molecule has 0 radical (unpaired) electrons. The first-order chi connectivity index (χ1) is 9.65. The molecule has 2 aromatic rings. The minimum atomic E-state index is -0.191. The summed E-state index contributed by atoms with van der Waals surface area (Å²) in [6.07, 6.45) is 6.21. The Bertz CT molecular complexity index is 790. The number of hydrogen-bond acceptors (Lipinski definition) is 3. The van der Waals surface area contributed by atoms with E-state index in [0.29, 0.717) is 36.1 Å². The fourth-order valence-corrected chi connectivity index (χ4v) is 2.76. The molecule has 106 valence electrons. The van der Waals surface area contributed by atoms with Crippen molar-refractivity contribution in [3.05, 3.63) is 27.2 Å². The van der Waals surface area contributed by atoms with Gasteiger partial charge in [0.1, 0.15) is 0 Å². The molecule has 0 aliphatic heterocycles. The zero-order chi connectivity index (χ0) is 13.9. The average molecular weight is 274 g/mol. The number of fused-ring (bicyclic) bond motifs is 1. The molecule has 0 N–H and O–H groups in total. The van der Waals surface area contributed by atoms with Crippen molar-refractivity contribution in [1.29, 1.82) is 0 Å². The number of imidazole rings is 1. The van der Waals surface area contributed by atoms with Crippen LogP contribution in [0.4, 0.5) is 0 Å². The Balaban J connectivity index is 1.97. The summed E-state index contributed by atoms with van der Waals surface area (Å²) >= 11 is 0. The molecule has 6 heteroatoms. The number of rotatable bonds is 4. The Morgan fingerprint density at radius 2 is 1.70 bits per heavy atom. The van der Waals surface area contributed by atoms with Crippen LogP contribution in [0.2, 0.25) is 0 Å². The van der Waals surface area contributed by atoms with Gasteiger partial charge in [0.2, 0.25) is 0 Å². The average Bonchev–Trinajstić information content (AvgIpc) is 3.32. The van der Waals surface area contributed by atoms with Gasteiger partial charge in [-0.2, -0.15) is 0 Å². The number of hydrogen-bond donors (Lipinski definition) is 0. The van der Waals surface area contributed by atoms with Gasteiger partial charge in [0.15, 0.2) is 11.2 Å². The molecule has 0 atom stereocenters. The number of nitrogens with zero attached hydrogens (tertiary/aromatic N) is 4. The van der Waals surface area contributed by atoms with Gasteiger partial charge in [-0.15, -0.1) is 0 Å². The van der Waals surface area contributed by atoms with Crippen molar-refractivity contribution in [2.75, 3.05) is 0 Å². The minimum Gasteiger partial charge on any atom is -0.328 e. The van der Waals surface area contributed by atoms with Gasteiger partial charge in [0.05, 0.1) is 6.33 Å². The van der Waals surface area contributed by atoms with E-state index < -0.39 is 0 Å². The van der Waals surface area contributed by atoms with E-state index in [0.717, 1.165) is 12.8 Å². The second kappa shape index (κ2) is 4.07. The Morgan fingerprint density at radius 1 is 1.10 bits per heavy atom. The first-order valence-electron chi connectivity index (χ1n) is 7.30. The molecule has 2 aliphatic rings. The van der Waals surface area contributed by atoms with Crippen molar-refractivity contribution >= 4 is 11.2 Å². The maximum Gasteiger partial charge on any atom is 0.332 e. The van der Waals surface area contributed by atoms with Gasteiger partial charge in [-0.05, 0) is 37.5 Å². The van der Waals surface area contributed by atoms with Crippen LogP contribution >= 0.6 is 0 Å². The van der Waals surface area contributed by atoms with Crippen molar-refractivity contribution in [2.45, 2.75) is 38.8 Å². The van der Waals surface area contributed by atoms with E-state index in [4.69, 9.17) is 0 Å². The van der Waals surface area contributed by atoms with Crippen molar-refractivity contribution in [1.82, 2.24) is 18.7 Å². The zero-order valence-corrected chi connectivity index (χ0v) is 11.6. The monoisotopic (exact) mass is 274 g/mol. The first kappa shape index (κ1) is 11.9. The highest BCUT2D eigenvalue weighted by Crippen LogP contribution is 2.31. The third-order valence-electron chi connectivity index (χ3n) is 4.36. The third-order valence-corrected chi connectivity index (χ3v) is 4.36. The van der Waals surface area contributed by atoms with E-state index >= 15 is 0 Å². The summed E-state index contributed by atoms with van der Waals surface area (Å²) < 4.78 is 4.85.